The molecular weight excluding hydrogens is 518 g/mol. The van der Waals surface area contributed by atoms with Crippen LogP contribution in [0.15, 0.2) is 11.6 Å². The number of nitrogens with one attached hydrogen (secondary N) is 1. The highest BCUT2D eigenvalue weighted by atomic mass is 16.6. The van der Waals surface area contributed by atoms with E-state index in [-0.39, 0.29) is 30.8 Å². The summed E-state index contributed by atoms with van der Waals surface area (Å²) in [6, 6.07) is 0. The molecule has 2 N–H and O–H groups in total. The van der Waals surface area contributed by atoms with E-state index in [0.717, 1.165) is 54.8 Å². The molecule has 0 aromatic carbocycles. The van der Waals surface area contributed by atoms with Crippen LogP contribution in [0.5, 0.6) is 0 Å². The zero-order chi connectivity index (χ0) is 29.6. The summed E-state index contributed by atoms with van der Waals surface area (Å²) < 4.78 is 16.1. The van der Waals surface area contributed by atoms with Crippen LogP contribution in [-0.4, -0.2) is 56.2 Å². The molecule has 3 saturated carbocycles. The summed E-state index contributed by atoms with van der Waals surface area (Å²) >= 11 is 0. The number of carboxylic acids is 1. The Hall–Kier alpha value is -1.60. The average Bonchev–Trinajstić information content (AvgIpc) is 3.27. The van der Waals surface area contributed by atoms with E-state index in [0.29, 0.717) is 25.2 Å². The van der Waals surface area contributed by atoms with Crippen LogP contribution in [0.25, 0.3) is 0 Å². The number of ether oxygens (including phenoxy) is 3. The maximum Gasteiger partial charge on any atom is 0.407 e. The molecule has 234 valence electrons. The van der Waals surface area contributed by atoms with Crippen molar-refractivity contribution in [3.8, 4) is 0 Å². The number of allylic oxidation sites excluding steroid dienone is 1. The average molecular weight is 576 g/mol. The third kappa shape index (κ3) is 7.68. The summed E-state index contributed by atoms with van der Waals surface area (Å²) in [5.74, 6) is 3.98. The minimum absolute atomic E-state index is 0.0624. The summed E-state index contributed by atoms with van der Waals surface area (Å²) in [5, 5.41) is 11.3. The van der Waals surface area contributed by atoms with Crippen LogP contribution < -0.4 is 5.32 Å². The van der Waals surface area contributed by atoms with Crippen LogP contribution in [0.3, 0.4) is 0 Å². The highest BCUT2D eigenvalue weighted by molar-refractivity contribution is 5.68. The Kier molecular flexibility index (Phi) is 11.2. The van der Waals surface area contributed by atoms with Gasteiger partial charge in [0.15, 0.2) is 0 Å². The molecule has 3 fully saturated rings. The van der Waals surface area contributed by atoms with E-state index >= 15 is 0 Å². The molecule has 0 unspecified atom stereocenters. The predicted molar refractivity (Wildman–Crippen MR) is 161 cm³/mol. The number of hydrogen-bond acceptors (Lipinski definition) is 5. The summed E-state index contributed by atoms with van der Waals surface area (Å²) in [7, 11) is 0. The van der Waals surface area contributed by atoms with Gasteiger partial charge >= 0.3 is 12.1 Å². The highest BCUT2D eigenvalue weighted by Gasteiger charge is 2.59. The Bertz CT molecular complexity index is 919. The number of carboxylic acid groups (broad SMARTS) is 1. The van der Waals surface area contributed by atoms with Crippen LogP contribution in [0.4, 0.5) is 4.79 Å². The smallest absolute Gasteiger partial charge is 0.407 e. The van der Waals surface area contributed by atoms with E-state index in [4.69, 9.17) is 19.3 Å². The molecular formula is C34H57NO6. The number of carbonyl (C=O) groups excluding carboxylic acids is 1. The molecule has 8 atom stereocenters. The van der Waals surface area contributed by atoms with E-state index in [1.54, 1.807) is 0 Å². The van der Waals surface area contributed by atoms with E-state index in [2.05, 4.69) is 46.0 Å². The normalized spacial score (nSPS) is 35.2. The molecule has 7 nitrogen and oxygen atoms in total. The van der Waals surface area contributed by atoms with E-state index < -0.39 is 5.97 Å². The van der Waals surface area contributed by atoms with Crippen molar-refractivity contribution in [1.82, 2.24) is 5.32 Å². The van der Waals surface area contributed by atoms with Crippen molar-refractivity contribution >= 4 is 12.1 Å². The molecule has 41 heavy (non-hydrogen) atoms. The third-order valence-electron chi connectivity index (χ3n) is 11.6. The van der Waals surface area contributed by atoms with Crippen molar-refractivity contribution in [2.45, 2.75) is 111 Å². The van der Waals surface area contributed by atoms with E-state index in [1.165, 1.54) is 56.9 Å². The molecule has 0 heterocycles. The monoisotopic (exact) mass is 575 g/mol. The van der Waals surface area contributed by atoms with Gasteiger partial charge in [0.05, 0.1) is 19.8 Å². The predicted octanol–water partition coefficient (Wildman–Crippen LogP) is 7.24. The third-order valence-corrected chi connectivity index (χ3v) is 11.6. The number of carbonyl (C=O) groups is 2. The first kappa shape index (κ1) is 32.3. The molecule has 0 bridgehead atoms. The molecule has 0 radical (unpaired) electrons. The minimum Gasteiger partial charge on any atom is -0.480 e. The second kappa shape index (κ2) is 14.2. The zero-order valence-electron chi connectivity index (χ0n) is 26.4. The van der Waals surface area contributed by atoms with Crippen molar-refractivity contribution < 1.29 is 28.9 Å². The zero-order valence-corrected chi connectivity index (χ0v) is 26.4. The van der Waals surface area contributed by atoms with Gasteiger partial charge in [0, 0.05) is 13.0 Å². The Morgan fingerprint density at radius 3 is 2.54 bits per heavy atom. The maximum atomic E-state index is 12.4. The van der Waals surface area contributed by atoms with Crippen LogP contribution >= 0.6 is 0 Å². The van der Waals surface area contributed by atoms with Crippen molar-refractivity contribution in [3.63, 3.8) is 0 Å². The van der Waals surface area contributed by atoms with Crippen molar-refractivity contribution in [2.24, 2.45) is 46.3 Å². The van der Waals surface area contributed by atoms with Crippen LogP contribution in [0.1, 0.15) is 105 Å². The molecule has 0 spiro atoms. The quantitative estimate of drug-likeness (QED) is 0.167. The number of aliphatic carboxylic acids is 1. The van der Waals surface area contributed by atoms with Crippen molar-refractivity contribution in [1.29, 1.82) is 0 Å². The van der Waals surface area contributed by atoms with Crippen molar-refractivity contribution in [3.05, 3.63) is 11.6 Å². The molecule has 4 aliphatic carbocycles. The van der Waals surface area contributed by atoms with Gasteiger partial charge in [0.2, 0.25) is 0 Å². The fraction of sp³-hybridized carbons (Fsp3) is 0.882. The van der Waals surface area contributed by atoms with Crippen molar-refractivity contribution in [2.75, 3.05) is 33.0 Å². The lowest BCUT2D eigenvalue weighted by Gasteiger charge is -2.58. The molecule has 4 aliphatic rings. The standard InChI is InChI=1S/C34H57NO6/c1-23(2)7-6-8-24(3)28-11-12-29-27-10-9-25-21-26(13-15-33(25,4)30(27)14-16-34(28,29)5)41-32(38)35-17-18-39-19-20-40-22-31(36)37/h9,23-24,26-30H,6-8,10-22H2,1-5H3,(H,35,38)(H,36,37)/t24-,26+,27+,28-,29+,30+,33+,34-/m1/s1. The lowest BCUT2D eigenvalue weighted by atomic mass is 9.47. The fourth-order valence-corrected chi connectivity index (χ4v) is 9.55. The summed E-state index contributed by atoms with van der Waals surface area (Å²) in [5.41, 5.74) is 2.29. The topological polar surface area (TPSA) is 94.1 Å². The Balaban J connectivity index is 1.24. The van der Waals surface area contributed by atoms with Gasteiger partial charge in [-0.05, 0) is 91.3 Å². The first-order valence-electron chi connectivity index (χ1n) is 16.6. The number of rotatable bonds is 14. The fourth-order valence-electron chi connectivity index (χ4n) is 9.55. The summed E-state index contributed by atoms with van der Waals surface area (Å²) in [6.07, 6.45) is 15.9. The largest absolute Gasteiger partial charge is 0.480 e. The Morgan fingerprint density at radius 2 is 1.78 bits per heavy atom. The highest BCUT2D eigenvalue weighted by Crippen LogP contribution is 2.67. The molecule has 4 rings (SSSR count). The molecule has 0 aromatic heterocycles. The number of amides is 1. The molecule has 0 saturated heterocycles. The maximum absolute atomic E-state index is 12.4. The number of alkyl carbamates (subject to hydrolysis) is 1. The second-order valence-electron chi connectivity index (χ2n) is 14.5. The second-order valence-corrected chi connectivity index (χ2v) is 14.5. The SMILES string of the molecule is CC(C)CCC[C@@H](C)[C@H]1CC[C@H]2[C@@H]3CC=C4C[C@@H](OC(=O)NCCOCCOCC(=O)O)CC[C@]4(C)[C@H]3CC[C@]12C. The minimum atomic E-state index is -0.997. The Labute approximate surface area is 248 Å². The van der Waals surface area contributed by atoms with Gasteiger partial charge in [0.1, 0.15) is 12.7 Å². The van der Waals surface area contributed by atoms with E-state index in [1.807, 2.05) is 0 Å². The lowest BCUT2D eigenvalue weighted by Crippen LogP contribution is -2.51. The van der Waals surface area contributed by atoms with Gasteiger partial charge < -0.3 is 24.6 Å². The molecule has 1 amide bonds. The summed E-state index contributed by atoms with van der Waals surface area (Å²) in [4.78, 5) is 22.9. The first-order chi connectivity index (χ1) is 19.5. The van der Waals surface area contributed by atoms with Crippen LogP contribution in [-0.2, 0) is 19.0 Å². The van der Waals surface area contributed by atoms with Crippen LogP contribution in [0, 0.1) is 46.3 Å². The lowest BCUT2D eigenvalue weighted by molar-refractivity contribution is -0.142. The Morgan fingerprint density at radius 1 is 1.00 bits per heavy atom. The van der Waals surface area contributed by atoms with Gasteiger partial charge in [-0.3, -0.25) is 0 Å². The molecule has 0 aliphatic heterocycles. The van der Waals surface area contributed by atoms with Gasteiger partial charge in [0.25, 0.3) is 0 Å². The van der Waals surface area contributed by atoms with Gasteiger partial charge in [-0.1, -0.05) is 65.5 Å². The molecule has 7 heteroatoms. The van der Waals surface area contributed by atoms with Gasteiger partial charge in [-0.25, -0.2) is 9.59 Å². The van der Waals surface area contributed by atoms with E-state index in [9.17, 15) is 9.59 Å². The van der Waals surface area contributed by atoms with Gasteiger partial charge in [-0.2, -0.15) is 0 Å². The van der Waals surface area contributed by atoms with Gasteiger partial charge in [-0.15, -0.1) is 0 Å². The summed E-state index contributed by atoms with van der Waals surface area (Å²) in [6.45, 7) is 13.3. The van der Waals surface area contributed by atoms with Crippen LogP contribution in [0.2, 0.25) is 0 Å². The first-order valence-corrected chi connectivity index (χ1v) is 16.6. The molecule has 0 aromatic rings. The number of fused-ring (bicyclic) bond motifs is 5. The number of hydrogen-bond donors (Lipinski definition) is 2.